The lowest BCUT2D eigenvalue weighted by molar-refractivity contribution is 0.136. The maximum Gasteiger partial charge on any atom is 0.164 e. The summed E-state index contributed by atoms with van der Waals surface area (Å²) < 4.78 is 3.79. The van der Waals surface area contributed by atoms with Gasteiger partial charge in [-0.1, -0.05) is 19.9 Å². The number of fused-ring (bicyclic) bond motifs is 2. The van der Waals surface area contributed by atoms with Crippen LogP contribution in [0, 0.1) is 13.8 Å². The van der Waals surface area contributed by atoms with Crippen molar-refractivity contribution in [1.29, 1.82) is 0 Å². The minimum atomic E-state index is 0.392. The van der Waals surface area contributed by atoms with E-state index in [2.05, 4.69) is 82.3 Å². The average Bonchev–Trinajstić information content (AvgIpc) is 3.50. The van der Waals surface area contributed by atoms with Crippen LogP contribution in [-0.2, 0) is 13.6 Å². The minimum absolute atomic E-state index is 0.392. The first kappa shape index (κ1) is 21.0. The summed E-state index contributed by atoms with van der Waals surface area (Å²) >= 11 is 0. The molecule has 0 radical (unpaired) electrons. The minimum Gasteiger partial charge on any atom is -0.354 e. The standard InChI is InChI=1S/C26H30N8/c1-15(2)24-20-8-18(19-9-33(10-19)12-23-27-13-32(5)31-23)6-7-22(20)29-25(24)21-11-34-14-28-30-26(34)17(4)16(21)3/h6-8,11,13-15,19,29H,9-10,12H2,1-5H3. The van der Waals surface area contributed by atoms with Gasteiger partial charge in [0.15, 0.2) is 11.5 Å². The predicted octanol–water partition coefficient (Wildman–Crippen LogP) is 4.35. The van der Waals surface area contributed by atoms with Crippen molar-refractivity contribution >= 4 is 16.6 Å². The summed E-state index contributed by atoms with van der Waals surface area (Å²) in [4.78, 5) is 10.5. The van der Waals surface area contributed by atoms with E-state index in [1.165, 1.54) is 44.4 Å². The Hall–Kier alpha value is -3.52. The van der Waals surface area contributed by atoms with Crippen molar-refractivity contribution in [2.75, 3.05) is 13.1 Å². The number of benzene rings is 1. The molecule has 8 nitrogen and oxygen atoms in total. The molecule has 1 fully saturated rings. The second kappa shape index (κ2) is 7.77. The van der Waals surface area contributed by atoms with Gasteiger partial charge >= 0.3 is 0 Å². The number of H-pyrrole nitrogens is 1. The highest BCUT2D eigenvalue weighted by atomic mass is 15.3. The van der Waals surface area contributed by atoms with Gasteiger partial charge in [0, 0.05) is 48.7 Å². The van der Waals surface area contributed by atoms with Crippen molar-refractivity contribution < 1.29 is 0 Å². The Balaban J connectivity index is 1.35. The second-order valence-electron chi connectivity index (χ2n) is 9.95. The summed E-state index contributed by atoms with van der Waals surface area (Å²) in [6.45, 7) is 11.8. The molecule has 6 rings (SSSR count). The van der Waals surface area contributed by atoms with Crippen LogP contribution in [0.5, 0.6) is 0 Å². The van der Waals surface area contributed by atoms with Crippen LogP contribution in [0.25, 0.3) is 27.8 Å². The number of aromatic amines is 1. The Kier molecular flexibility index (Phi) is 4.81. The largest absolute Gasteiger partial charge is 0.354 e. The van der Waals surface area contributed by atoms with E-state index in [9.17, 15) is 0 Å². The number of likely N-dealkylation sites (tertiary alicyclic amines) is 1. The van der Waals surface area contributed by atoms with E-state index < -0.39 is 0 Å². The van der Waals surface area contributed by atoms with Crippen molar-refractivity contribution in [1.82, 2.24) is 39.2 Å². The van der Waals surface area contributed by atoms with Gasteiger partial charge < -0.3 is 4.98 Å². The van der Waals surface area contributed by atoms with Crippen molar-refractivity contribution in [3.05, 3.63) is 65.1 Å². The molecule has 0 atom stereocenters. The van der Waals surface area contributed by atoms with Gasteiger partial charge in [0.2, 0.25) is 0 Å². The molecule has 4 aromatic heterocycles. The van der Waals surface area contributed by atoms with Crippen molar-refractivity contribution in [2.24, 2.45) is 7.05 Å². The SMILES string of the molecule is Cc1c(-c2[nH]c3ccc(C4CN(Cc5ncn(C)n5)C4)cc3c2C(C)C)cn2cnnc2c1C. The Bertz CT molecular complexity index is 1510. The first-order valence-corrected chi connectivity index (χ1v) is 11.9. The highest BCUT2D eigenvalue weighted by Crippen LogP contribution is 2.39. The molecular formula is C26H30N8. The molecule has 1 saturated heterocycles. The maximum absolute atomic E-state index is 4.41. The molecule has 1 aromatic carbocycles. The van der Waals surface area contributed by atoms with Crippen LogP contribution in [-0.4, -0.2) is 52.3 Å². The molecule has 5 aromatic rings. The molecule has 174 valence electrons. The van der Waals surface area contributed by atoms with E-state index in [1.54, 1.807) is 17.3 Å². The fourth-order valence-corrected chi connectivity index (χ4v) is 5.33. The molecule has 1 N–H and O–H groups in total. The Morgan fingerprint density at radius 3 is 2.68 bits per heavy atom. The Morgan fingerprint density at radius 1 is 1.12 bits per heavy atom. The number of nitrogens with one attached hydrogen (secondary N) is 1. The van der Waals surface area contributed by atoms with Gasteiger partial charge in [-0.15, -0.1) is 10.2 Å². The highest BCUT2D eigenvalue weighted by Gasteiger charge is 2.29. The first-order chi connectivity index (χ1) is 16.4. The second-order valence-corrected chi connectivity index (χ2v) is 9.95. The van der Waals surface area contributed by atoms with Crippen molar-refractivity contribution in [3.63, 3.8) is 0 Å². The topological polar surface area (TPSA) is 79.9 Å². The maximum atomic E-state index is 4.41. The summed E-state index contributed by atoms with van der Waals surface area (Å²) in [5.41, 5.74) is 9.72. The number of rotatable bonds is 5. The molecule has 1 aliphatic rings. The van der Waals surface area contributed by atoms with Crippen LogP contribution < -0.4 is 0 Å². The predicted molar refractivity (Wildman–Crippen MR) is 133 cm³/mol. The molecule has 1 aliphatic heterocycles. The molecule has 5 heterocycles. The molecule has 0 amide bonds. The monoisotopic (exact) mass is 454 g/mol. The van der Waals surface area contributed by atoms with Crippen LogP contribution in [0.4, 0.5) is 0 Å². The molecule has 0 spiro atoms. The number of nitrogens with zero attached hydrogens (tertiary/aromatic N) is 7. The van der Waals surface area contributed by atoms with Crippen LogP contribution in [0.2, 0.25) is 0 Å². The zero-order valence-electron chi connectivity index (χ0n) is 20.4. The average molecular weight is 455 g/mol. The molecule has 8 heteroatoms. The first-order valence-electron chi connectivity index (χ1n) is 11.9. The number of hydrogen-bond acceptors (Lipinski definition) is 5. The van der Waals surface area contributed by atoms with Gasteiger partial charge in [-0.2, -0.15) is 5.10 Å². The lowest BCUT2D eigenvalue weighted by atomic mass is 9.88. The van der Waals surface area contributed by atoms with Crippen LogP contribution in [0.15, 0.2) is 37.1 Å². The van der Waals surface area contributed by atoms with Crippen molar-refractivity contribution in [3.8, 4) is 11.3 Å². The number of aromatic nitrogens is 7. The van der Waals surface area contributed by atoms with Crippen LogP contribution in [0.3, 0.4) is 0 Å². The fraction of sp³-hybridized carbons (Fsp3) is 0.385. The number of hydrogen-bond donors (Lipinski definition) is 1. The lowest BCUT2D eigenvalue weighted by Gasteiger charge is -2.39. The third kappa shape index (κ3) is 3.32. The van der Waals surface area contributed by atoms with E-state index >= 15 is 0 Å². The highest BCUT2D eigenvalue weighted by molar-refractivity contribution is 5.92. The fourth-order valence-electron chi connectivity index (χ4n) is 5.33. The third-order valence-electron chi connectivity index (χ3n) is 7.29. The van der Waals surface area contributed by atoms with E-state index in [1.807, 2.05) is 11.4 Å². The Labute approximate surface area is 198 Å². The van der Waals surface area contributed by atoms with E-state index in [0.717, 1.165) is 31.1 Å². The quantitative estimate of drug-likeness (QED) is 0.427. The third-order valence-corrected chi connectivity index (χ3v) is 7.29. The van der Waals surface area contributed by atoms with E-state index in [-0.39, 0.29) is 0 Å². The van der Waals surface area contributed by atoms with Gasteiger partial charge in [-0.05, 0) is 54.2 Å². The van der Waals surface area contributed by atoms with E-state index in [4.69, 9.17) is 0 Å². The summed E-state index contributed by atoms with van der Waals surface area (Å²) in [5, 5.41) is 14.1. The molecule has 0 saturated carbocycles. The summed E-state index contributed by atoms with van der Waals surface area (Å²) in [6, 6.07) is 6.95. The number of pyridine rings is 1. The van der Waals surface area contributed by atoms with Crippen molar-refractivity contribution in [2.45, 2.75) is 46.1 Å². The van der Waals surface area contributed by atoms with Crippen LogP contribution in [0.1, 0.15) is 53.8 Å². The Morgan fingerprint density at radius 2 is 1.94 bits per heavy atom. The summed E-state index contributed by atoms with van der Waals surface area (Å²) in [6.07, 6.45) is 5.70. The normalized spacial score (nSPS) is 15.1. The van der Waals surface area contributed by atoms with E-state index in [0.29, 0.717) is 11.8 Å². The van der Waals surface area contributed by atoms with Gasteiger partial charge in [0.25, 0.3) is 0 Å². The van der Waals surface area contributed by atoms with Gasteiger partial charge in [-0.25, -0.2) is 4.98 Å². The summed E-state index contributed by atoms with van der Waals surface area (Å²) in [5.74, 6) is 1.83. The molecule has 0 bridgehead atoms. The molecular weight excluding hydrogens is 424 g/mol. The molecule has 0 aliphatic carbocycles. The molecule has 0 unspecified atom stereocenters. The van der Waals surface area contributed by atoms with Gasteiger partial charge in [-0.3, -0.25) is 14.0 Å². The zero-order valence-corrected chi connectivity index (χ0v) is 20.4. The summed E-state index contributed by atoms with van der Waals surface area (Å²) in [7, 11) is 1.91. The van der Waals surface area contributed by atoms with Crippen LogP contribution >= 0.6 is 0 Å². The smallest absolute Gasteiger partial charge is 0.164 e. The zero-order chi connectivity index (χ0) is 23.6. The lowest BCUT2D eigenvalue weighted by Crippen LogP contribution is -2.44. The van der Waals surface area contributed by atoms with Gasteiger partial charge in [0.05, 0.1) is 12.2 Å². The molecule has 34 heavy (non-hydrogen) atoms. The van der Waals surface area contributed by atoms with Gasteiger partial charge in [0.1, 0.15) is 12.7 Å². The number of aryl methyl sites for hydroxylation is 2.